The molecule has 0 bridgehead atoms. The van der Waals surface area contributed by atoms with Crippen molar-refractivity contribution in [1.29, 1.82) is 10.8 Å². The first-order valence-corrected chi connectivity index (χ1v) is 12.1. The third-order valence-electron chi connectivity index (χ3n) is 6.87. The Morgan fingerprint density at radius 1 is 0.921 bits per heavy atom. The van der Waals surface area contributed by atoms with E-state index in [4.69, 9.17) is 22.3 Å². The van der Waals surface area contributed by atoms with Gasteiger partial charge >= 0.3 is 6.18 Å². The van der Waals surface area contributed by atoms with Crippen LogP contribution in [0, 0.1) is 17.7 Å². The Balaban J connectivity index is 1.54. The predicted molar refractivity (Wildman–Crippen MR) is 143 cm³/mol. The molecule has 2 aromatic carbocycles. The van der Waals surface area contributed by atoms with Gasteiger partial charge in [-0.05, 0) is 71.9 Å². The molecule has 0 saturated carbocycles. The zero-order valence-corrected chi connectivity index (χ0v) is 21.0. The zero-order valence-electron chi connectivity index (χ0n) is 21.0. The molecule has 0 radical (unpaired) electrons. The van der Waals surface area contributed by atoms with E-state index in [1.807, 2.05) is 19.1 Å². The number of halogens is 3. The van der Waals surface area contributed by atoms with Gasteiger partial charge in [0.15, 0.2) is 11.9 Å². The first-order chi connectivity index (χ1) is 17.9. The lowest BCUT2D eigenvalue weighted by atomic mass is 9.94. The quantitative estimate of drug-likeness (QED) is 0.301. The summed E-state index contributed by atoms with van der Waals surface area (Å²) < 4.78 is 41.9. The minimum atomic E-state index is -4.72. The smallest absolute Gasteiger partial charge is 0.370 e. The Morgan fingerprint density at radius 3 is 2.03 bits per heavy atom. The van der Waals surface area contributed by atoms with Crippen LogP contribution in [0.5, 0.6) is 0 Å². The Hall–Kier alpha value is -4.28. The lowest BCUT2D eigenvalue weighted by molar-refractivity contribution is -0.137. The molecule has 38 heavy (non-hydrogen) atoms. The first-order valence-electron chi connectivity index (χ1n) is 12.1. The molecule has 2 aromatic rings. The molecule has 0 fully saturated rings. The van der Waals surface area contributed by atoms with Crippen molar-refractivity contribution in [3.63, 3.8) is 0 Å². The summed E-state index contributed by atoms with van der Waals surface area (Å²) in [7, 11) is 0. The molecule has 0 saturated heterocycles. The molecule has 8 nitrogen and oxygen atoms in total. The molecule has 2 heterocycles. The van der Waals surface area contributed by atoms with E-state index in [2.05, 4.69) is 5.32 Å². The highest BCUT2D eigenvalue weighted by Gasteiger charge is 2.36. The second kappa shape index (κ2) is 10.6. The van der Waals surface area contributed by atoms with Crippen LogP contribution in [0.1, 0.15) is 45.5 Å². The number of rotatable bonds is 4. The van der Waals surface area contributed by atoms with Crippen molar-refractivity contribution in [2.24, 2.45) is 11.5 Å². The molecule has 4 rings (SSSR count). The van der Waals surface area contributed by atoms with Crippen molar-refractivity contribution in [1.82, 2.24) is 9.80 Å². The van der Waals surface area contributed by atoms with Crippen molar-refractivity contribution in [2.75, 3.05) is 31.5 Å². The second-order valence-corrected chi connectivity index (χ2v) is 9.36. The Morgan fingerprint density at radius 2 is 1.53 bits per heavy atom. The van der Waals surface area contributed by atoms with Gasteiger partial charge in [-0.1, -0.05) is 24.3 Å². The van der Waals surface area contributed by atoms with Gasteiger partial charge in [0.2, 0.25) is 0 Å². The van der Waals surface area contributed by atoms with E-state index in [1.165, 1.54) is 12.1 Å². The van der Waals surface area contributed by atoms with Crippen molar-refractivity contribution < 1.29 is 18.0 Å². The number of nitrogens with two attached hydrogens (primary N) is 2. The van der Waals surface area contributed by atoms with E-state index in [0.29, 0.717) is 50.3 Å². The molecular formula is C27H30F3N7O. The number of amides is 1. The van der Waals surface area contributed by atoms with Crippen LogP contribution in [0.15, 0.2) is 48.6 Å². The number of alkyl halides is 3. The maximum atomic E-state index is 14.0. The molecule has 0 spiro atoms. The average Bonchev–Trinajstić information content (AvgIpc) is 2.88. The van der Waals surface area contributed by atoms with Crippen molar-refractivity contribution in [3.8, 4) is 0 Å². The van der Waals surface area contributed by atoms with E-state index < -0.39 is 23.2 Å². The number of guanidine groups is 2. The SMILES string of the molecule is Cc1cc(NC(=O)c2ccc(C3=CCN(C(=N)N)CC3)cc2C(F)(F)F)ccc1C1=CCN(C(=N)N)CC1. The van der Waals surface area contributed by atoms with Crippen molar-refractivity contribution in [3.05, 3.63) is 76.4 Å². The third kappa shape index (κ3) is 5.82. The Labute approximate surface area is 218 Å². The van der Waals surface area contributed by atoms with Crippen LogP contribution in [0.3, 0.4) is 0 Å². The molecule has 2 aliphatic rings. The van der Waals surface area contributed by atoms with Gasteiger partial charge in [-0.2, -0.15) is 13.2 Å². The lowest BCUT2D eigenvalue weighted by Crippen LogP contribution is -2.39. The van der Waals surface area contributed by atoms with E-state index in [0.717, 1.165) is 28.3 Å². The Kier molecular flexibility index (Phi) is 7.47. The molecule has 1 amide bonds. The minimum Gasteiger partial charge on any atom is -0.370 e. The Bertz CT molecular complexity index is 1350. The number of carbonyl (C=O) groups excluding carboxylic acids is 1. The number of carbonyl (C=O) groups is 1. The van der Waals surface area contributed by atoms with Gasteiger partial charge in [-0.15, -0.1) is 0 Å². The molecule has 0 atom stereocenters. The summed E-state index contributed by atoms with van der Waals surface area (Å²) in [5.74, 6) is -0.900. The predicted octanol–water partition coefficient (Wildman–Crippen LogP) is 4.23. The molecule has 0 aromatic heterocycles. The highest BCUT2D eigenvalue weighted by Crippen LogP contribution is 2.36. The molecule has 7 N–H and O–H groups in total. The fourth-order valence-corrected chi connectivity index (χ4v) is 4.76. The standard InChI is InChI=1S/C27H30F3N7O/c1-16-14-20(3-5-21(16)18-8-12-37(13-9-18)26(33)34)35-24(38)22-4-2-19(15-23(22)27(28,29)30)17-6-10-36(11-7-17)25(31)32/h2-6,8,14-15H,7,9-13H2,1H3,(H3,31,32)(H3,33,34)(H,35,38). The lowest BCUT2D eigenvalue weighted by Gasteiger charge is -2.27. The summed E-state index contributed by atoms with van der Waals surface area (Å²) in [6.45, 7) is 3.82. The number of aryl methyl sites for hydroxylation is 1. The van der Waals surface area contributed by atoms with E-state index in [-0.39, 0.29) is 11.9 Å². The highest BCUT2D eigenvalue weighted by molar-refractivity contribution is 6.05. The van der Waals surface area contributed by atoms with Gasteiger partial charge in [0.25, 0.3) is 5.91 Å². The minimum absolute atomic E-state index is 0.0245. The van der Waals surface area contributed by atoms with Crippen LogP contribution in [0.25, 0.3) is 11.1 Å². The van der Waals surface area contributed by atoms with E-state index in [9.17, 15) is 18.0 Å². The van der Waals surface area contributed by atoms with E-state index >= 15 is 0 Å². The number of benzene rings is 2. The van der Waals surface area contributed by atoms with Crippen molar-refractivity contribution >= 4 is 34.7 Å². The highest BCUT2D eigenvalue weighted by atomic mass is 19.4. The summed E-state index contributed by atoms with van der Waals surface area (Å²) in [5.41, 5.74) is 14.0. The third-order valence-corrected chi connectivity index (χ3v) is 6.87. The number of hydrogen-bond acceptors (Lipinski definition) is 3. The van der Waals surface area contributed by atoms with Crippen LogP contribution in [-0.4, -0.2) is 53.8 Å². The monoisotopic (exact) mass is 525 g/mol. The fraction of sp³-hybridized carbons (Fsp3) is 0.296. The van der Waals surface area contributed by atoms with Crippen LogP contribution >= 0.6 is 0 Å². The number of anilines is 1. The average molecular weight is 526 g/mol. The summed E-state index contributed by atoms with van der Waals surface area (Å²) >= 11 is 0. The van der Waals surface area contributed by atoms with Gasteiger partial charge in [-0.25, -0.2) is 0 Å². The normalized spacial score (nSPS) is 16.0. The summed E-state index contributed by atoms with van der Waals surface area (Å²) in [4.78, 5) is 16.3. The van der Waals surface area contributed by atoms with Gasteiger partial charge in [0.1, 0.15) is 0 Å². The largest absolute Gasteiger partial charge is 0.417 e. The maximum Gasteiger partial charge on any atom is 0.417 e. The molecule has 0 aliphatic carbocycles. The molecule has 2 aliphatic heterocycles. The van der Waals surface area contributed by atoms with Crippen LogP contribution in [-0.2, 0) is 6.18 Å². The van der Waals surface area contributed by atoms with Gasteiger partial charge in [-0.3, -0.25) is 15.6 Å². The van der Waals surface area contributed by atoms with Crippen LogP contribution in [0.4, 0.5) is 18.9 Å². The molecule has 200 valence electrons. The summed E-state index contributed by atoms with van der Waals surface area (Å²) in [6.07, 6.45) is 0.185. The maximum absolute atomic E-state index is 14.0. The topological polar surface area (TPSA) is 135 Å². The van der Waals surface area contributed by atoms with E-state index in [1.54, 1.807) is 28.0 Å². The fourth-order valence-electron chi connectivity index (χ4n) is 4.76. The van der Waals surface area contributed by atoms with Gasteiger partial charge in [0, 0.05) is 31.9 Å². The first kappa shape index (κ1) is 26.8. The number of nitrogens with one attached hydrogen (secondary N) is 3. The summed E-state index contributed by atoms with van der Waals surface area (Å²) in [6, 6.07) is 8.99. The summed E-state index contributed by atoms with van der Waals surface area (Å²) in [5, 5.41) is 17.7. The molecular weight excluding hydrogens is 495 g/mol. The van der Waals surface area contributed by atoms with Crippen LogP contribution in [0.2, 0.25) is 0 Å². The zero-order chi connectivity index (χ0) is 27.6. The molecule has 0 unspecified atom stereocenters. The van der Waals surface area contributed by atoms with Crippen LogP contribution < -0.4 is 16.8 Å². The van der Waals surface area contributed by atoms with Crippen molar-refractivity contribution in [2.45, 2.75) is 25.9 Å². The number of hydrogen-bond donors (Lipinski definition) is 5. The second-order valence-electron chi connectivity index (χ2n) is 9.36. The van der Waals surface area contributed by atoms with Gasteiger partial charge < -0.3 is 26.6 Å². The molecule has 11 heteroatoms. The van der Waals surface area contributed by atoms with Gasteiger partial charge in [0.05, 0.1) is 11.1 Å². The number of nitrogens with zero attached hydrogens (tertiary/aromatic N) is 2.